The average Bonchev–Trinajstić information content (AvgIpc) is 3.06. The summed E-state index contributed by atoms with van der Waals surface area (Å²) in [5.74, 6) is -0.0948. The lowest BCUT2D eigenvalue weighted by Gasteiger charge is -2.11. The van der Waals surface area contributed by atoms with Gasteiger partial charge in [0.05, 0.1) is 12.2 Å². The van der Waals surface area contributed by atoms with E-state index in [4.69, 9.17) is 4.74 Å². The highest BCUT2D eigenvalue weighted by molar-refractivity contribution is 7.16. The molecule has 27 heavy (non-hydrogen) atoms. The maximum atomic E-state index is 12.5. The largest absolute Gasteiger partial charge is 0.507 e. The van der Waals surface area contributed by atoms with Crippen molar-refractivity contribution >= 4 is 39.3 Å². The first kappa shape index (κ1) is 17.7. The summed E-state index contributed by atoms with van der Waals surface area (Å²) in [5, 5.41) is 13.0. The van der Waals surface area contributed by atoms with Crippen LogP contribution in [0.15, 0.2) is 41.4 Å². The molecule has 0 saturated heterocycles. The van der Waals surface area contributed by atoms with Gasteiger partial charge in [-0.3, -0.25) is 0 Å². The molecular formula is C22H21NO3S. The predicted octanol–water partition coefficient (Wildman–Crippen LogP) is 5.41. The SMILES string of the molecule is CCOC(=O)c1c(/N=C/c2ccc3ccccc3c2O)sc2c1CCCC2. The second kappa shape index (κ2) is 7.53. The van der Waals surface area contributed by atoms with Crippen molar-refractivity contribution in [3.05, 3.63) is 58.0 Å². The number of phenols is 1. The van der Waals surface area contributed by atoms with Crippen LogP contribution in [-0.2, 0) is 17.6 Å². The molecule has 5 heteroatoms. The van der Waals surface area contributed by atoms with Crippen molar-refractivity contribution in [3.63, 3.8) is 0 Å². The van der Waals surface area contributed by atoms with Crippen LogP contribution in [-0.4, -0.2) is 23.9 Å². The summed E-state index contributed by atoms with van der Waals surface area (Å²) >= 11 is 1.56. The number of fused-ring (bicyclic) bond motifs is 2. The highest BCUT2D eigenvalue weighted by Gasteiger charge is 2.26. The van der Waals surface area contributed by atoms with Gasteiger partial charge in [0, 0.05) is 22.0 Å². The number of aryl methyl sites for hydroxylation is 1. The Morgan fingerprint density at radius 1 is 1.22 bits per heavy atom. The van der Waals surface area contributed by atoms with E-state index in [9.17, 15) is 9.90 Å². The van der Waals surface area contributed by atoms with E-state index in [-0.39, 0.29) is 11.7 Å². The number of carbonyl (C=O) groups excluding carboxylic acids is 1. The fraction of sp³-hybridized carbons (Fsp3) is 0.273. The molecule has 0 unspecified atom stereocenters. The molecular weight excluding hydrogens is 358 g/mol. The van der Waals surface area contributed by atoms with Gasteiger partial charge in [-0.05, 0) is 49.6 Å². The number of esters is 1. The predicted molar refractivity (Wildman–Crippen MR) is 110 cm³/mol. The minimum atomic E-state index is -0.299. The molecule has 2 aromatic carbocycles. The number of benzene rings is 2. The van der Waals surface area contributed by atoms with Gasteiger partial charge in [0.15, 0.2) is 0 Å². The minimum Gasteiger partial charge on any atom is -0.507 e. The van der Waals surface area contributed by atoms with E-state index in [1.165, 1.54) is 4.88 Å². The van der Waals surface area contributed by atoms with Crippen LogP contribution in [0, 0.1) is 0 Å². The minimum absolute atomic E-state index is 0.204. The van der Waals surface area contributed by atoms with Crippen molar-refractivity contribution in [1.82, 2.24) is 0 Å². The number of aliphatic imine (C=N–C) groups is 1. The maximum absolute atomic E-state index is 12.5. The van der Waals surface area contributed by atoms with Crippen LogP contribution < -0.4 is 0 Å². The molecule has 1 N–H and O–H groups in total. The van der Waals surface area contributed by atoms with Gasteiger partial charge >= 0.3 is 5.97 Å². The number of carbonyl (C=O) groups is 1. The summed E-state index contributed by atoms with van der Waals surface area (Å²) in [6, 6.07) is 11.5. The van der Waals surface area contributed by atoms with Crippen LogP contribution in [0.1, 0.15) is 46.1 Å². The van der Waals surface area contributed by atoms with Crippen LogP contribution >= 0.6 is 11.3 Å². The highest BCUT2D eigenvalue weighted by atomic mass is 32.1. The van der Waals surface area contributed by atoms with Crippen LogP contribution in [0.25, 0.3) is 10.8 Å². The van der Waals surface area contributed by atoms with E-state index < -0.39 is 0 Å². The van der Waals surface area contributed by atoms with Gasteiger partial charge in [-0.15, -0.1) is 11.3 Å². The zero-order chi connectivity index (χ0) is 18.8. The van der Waals surface area contributed by atoms with Gasteiger partial charge in [-0.25, -0.2) is 9.79 Å². The van der Waals surface area contributed by atoms with Crippen molar-refractivity contribution in [3.8, 4) is 5.75 Å². The highest BCUT2D eigenvalue weighted by Crippen LogP contribution is 2.40. The lowest BCUT2D eigenvalue weighted by Crippen LogP contribution is -2.09. The van der Waals surface area contributed by atoms with Crippen LogP contribution in [0.5, 0.6) is 5.75 Å². The van der Waals surface area contributed by atoms with E-state index in [1.807, 2.05) is 43.3 Å². The number of phenolic OH excluding ortho intramolecular Hbond substituents is 1. The van der Waals surface area contributed by atoms with Gasteiger partial charge in [-0.1, -0.05) is 30.3 Å². The van der Waals surface area contributed by atoms with E-state index in [0.29, 0.717) is 22.7 Å². The summed E-state index contributed by atoms with van der Waals surface area (Å²) in [5.41, 5.74) is 2.34. The molecule has 0 saturated carbocycles. The Bertz CT molecular complexity index is 1040. The van der Waals surface area contributed by atoms with Crippen molar-refractivity contribution in [1.29, 1.82) is 0 Å². The quantitative estimate of drug-likeness (QED) is 0.487. The van der Waals surface area contributed by atoms with Crippen molar-refractivity contribution in [2.75, 3.05) is 6.61 Å². The van der Waals surface area contributed by atoms with Crippen molar-refractivity contribution in [2.45, 2.75) is 32.6 Å². The number of nitrogens with zero attached hydrogens (tertiary/aromatic N) is 1. The third kappa shape index (κ3) is 3.35. The first-order chi connectivity index (χ1) is 13.2. The van der Waals surface area contributed by atoms with Crippen molar-refractivity contribution < 1.29 is 14.6 Å². The zero-order valence-corrected chi connectivity index (χ0v) is 16.0. The fourth-order valence-corrected chi connectivity index (χ4v) is 4.78. The maximum Gasteiger partial charge on any atom is 0.341 e. The number of thiophene rings is 1. The molecule has 0 spiro atoms. The Morgan fingerprint density at radius 2 is 2.04 bits per heavy atom. The van der Waals surface area contributed by atoms with E-state index in [1.54, 1.807) is 17.6 Å². The van der Waals surface area contributed by atoms with E-state index >= 15 is 0 Å². The molecule has 0 fully saturated rings. The first-order valence-corrected chi connectivity index (χ1v) is 10.1. The molecule has 0 radical (unpaired) electrons. The molecule has 0 amide bonds. The van der Waals surface area contributed by atoms with Gasteiger partial charge in [-0.2, -0.15) is 0 Å². The Kier molecular flexibility index (Phi) is 4.94. The summed E-state index contributed by atoms with van der Waals surface area (Å²) in [7, 11) is 0. The summed E-state index contributed by atoms with van der Waals surface area (Å²) in [6.45, 7) is 2.16. The Morgan fingerprint density at radius 3 is 2.89 bits per heavy atom. The van der Waals surface area contributed by atoms with Gasteiger partial charge < -0.3 is 9.84 Å². The second-order valence-corrected chi connectivity index (χ2v) is 7.68. The van der Waals surface area contributed by atoms with E-state index in [2.05, 4.69) is 4.99 Å². The molecule has 138 valence electrons. The second-order valence-electron chi connectivity index (χ2n) is 6.59. The fourth-order valence-electron chi connectivity index (χ4n) is 3.56. The smallest absolute Gasteiger partial charge is 0.341 e. The molecule has 1 aliphatic rings. The lowest BCUT2D eigenvalue weighted by atomic mass is 9.95. The third-order valence-electron chi connectivity index (χ3n) is 4.88. The van der Waals surface area contributed by atoms with Crippen LogP contribution in [0.4, 0.5) is 5.00 Å². The lowest BCUT2D eigenvalue weighted by molar-refractivity contribution is 0.0526. The van der Waals surface area contributed by atoms with Gasteiger partial charge in [0.2, 0.25) is 0 Å². The molecule has 3 aromatic rings. The van der Waals surface area contributed by atoms with Crippen LogP contribution in [0.2, 0.25) is 0 Å². The summed E-state index contributed by atoms with van der Waals surface area (Å²) in [4.78, 5) is 18.3. The molecule has 4 rings (SSSR count). The molecule has 0 atom stereocenters. The molecule has 1 aromatic heterocycles. The van der Waals surface area contributed by atoms with Gasteiger partial charge in [0.1, 0.15) is 10.8 Å². The first-order valence-electron chi connectivity index (χ1n) is 9.25. The topological polar surface area (TPSA) is 58.9 Å². The summed E-state index contributed by atoms with van der Waals surface area (Å²) in [6.07, 6.45) is 5.76. The van der Waals surface area contributed by atoms with Crippen LogP contribution in [0.3, 0.4) is 0 Å². The number of rotatable bonds is 4. The molecule has 0 bridgehead atoms. The Labute approximate surface area is 162 Å². The molecule has 1 heterocycles. The molecule has 4 nitrogen and oxygen atoms in total. The van der Waals surface area contributed by atoms with E-state index in [0.717, 1.165) is 42.0 Å². The number of hydrogen-bond acceptors (Lipinski definition) is 5. The number of aromatic hydroxyl groups is 1. The van der Waals surface area contributed by atoms with Crippen molar-refractivity contribution in [2.24, 2.45) is 4.99 Å². The normalized spacial score (nSPS) is 13.8. The average molecular weight is 379 g/mol. The number of ether oxygens (including phenoxy) is 1. The third-order valence-corrected chi connectivity index (χ3v) is 6.08. The molecule has 0 aliphatic heterocycles. The monoisotopic (exact) mass is 379 g/mol. The number of hydrogen-bond donors (Lipinski definition) is 1. The standard InChI is InChI=1S/C22H21NO3S/c1-2-26-22(25)19-17-9-5-6-10-18(17)27-21(19)23-13-15-12-11-14-7-3-4-8-16(14)20(15)24/h3-4,7-8,11-13,24H,2,5-6,9-10H2,1H3/b23-13+. The zero-order valence-electron chi connectivity index (χ0n) is 15.2. The van der Waals surface area contributed by atoms with Gasteiger partial charge in [0.25, 0.3) is 0 Å². The Hall–Kier alpha value is -2.66. The molecule has 1 aliphatic carbocycles. The summed E-state index contributed by atoms with van der Waals surface area (Å²) < 4.78 is 5.27. The Balaban J connectivity index is 1.75.